The average molecular weight is 340 g/mol. The standard InChI is InChI=1S/C20H24N2O3/c1-15-4-5-17(11-19(15)23)12-20(24)22(14-18-3-2-10-25-18)13-16-6-8-21-9-7-16/h4-9,11,18,23H,2-3,10,12-14H2,1H3. The fourth-order valence-electron chi connectivity index (χ4n) is 3.05. The maximum atomic E-state index is 12.9. The van der Waals surface area contributed by atoms with E-state index in [9.17, 15) is 9.90 Å². The monoisotopic (exact) mass is 340 g/mol. The van der Waals surface area contributed by atoms with E-state index >= 15 is 0 Å². The summed E-state index contributed by atoms with van der Waals surface area (Å²) < 4.78 is 5.71. The highest BCUT2D eigenvalue weighted by atomic mass is 16.5. The number of carbonyl (C=O) groups excluding carboxylic acids is 1. The molecule has 0 aliphatic carbocycles. The van der Waals surface area contributed by atoms with Gasteiger partial charge in [-0.2, -0.15) is 0 Å². The van der Waals surface area contributed by atoms with Crippen molar-refractivity contribution >= 4 is 5.91 Å². The van der Waals surface area contributed by atoms with E-state index in [1.807, 2.05) is 36.1 Å². The van der Waals surface area contributed by atoms with Crippen LogP contribution in [-0.2, 0) is 22.5 Å². The van der Waals surface area contributed by atoms with Crippen molar-refractivity contribution in [3.63, 3.8) is 0 Å². The molecular formula is C20H24N2O3. The Balaban J connectivity index is 1.72. The first-order valence-electron chi connectivity index (χ1n) is 8.68. The van der Waals surface area contributed by atoms with Crippen molar-refractivity contribution in [2.24, 2.45) is 0 Å². The predicted octanol–water partition coefficient (Wildman–Crippen LogP) is 2.85. The lowest BCUT2D eigenvalue weighted by atomic mass is 10.1. The van der Waals surface area contributed by atoms with Gasteiger partial charge in [-0.3, -0.25) is 9.78 Å². The van der Waals surface area contributed by atoms with E-state index in [4.69, 9.17) is 4.74 Å². The van der Waals surface area contributed by atoms with Gasteiger partial charge in [0, 0.05) is 32.1 Å². The molecular weight excluding hydrogens is 316 g/mol. The van der Waals surface area contributed by atoms with Gasteiger partial charge in [0.25, 0.3) is 0 Å². The first-order valence-corrected chi connectivity index (χ1v) is 8.68. The molecule has 1 aliphatic heterocycles. The van der Waals surface area contributed by atoms with Crippen LogP contribution < -0.4 is 0 Å². The molecule has 1 fully saturated rings. The summed E-state index contributed by atoms with van der Waals surface area (Å²) in [6.45, 7) is 3.75. The number of phenolic OH excluding ortho intramolecular Hbond substituents is 1. The summed E-state index contributed by atoms with van der Waals surface area (Å²) in [4.78, 5) is 18.8. The third-order valence-corrected chi connectivity index (χ3v) is 4.55. The van der Waals surface area contributed by atoms with Crippen LogP contribution in [0.1, 0.15) is 29.5 Å². The molecule has 1 atom stereocenters. The lowest BCUT2D eigenvalue weighted by Crippen LogP contribution is -2.37. The quantitative estimate of drug-likeness (QED) is 0.878. The highest BCUT2D eigenvalue weighted by Crippen LogP contribution is 2.20. The normalized spacial score (nSPS) is 16.8. The zero-order valence-corrected chi connectivity index (χ0v) is 14.5. The highest BCUT2D eigenvalue weighted by Gasteiger charge is 2.23. The molecule has 0 saturated carbocycles. The van der Waals surface area contributed by atoms with Crippen LogP contribution in [0.5, 0.6) is 5.75 Å². The number of benzene rings is 1. The first kappa shape index (κ1) is 17.4. The molecule has 1 saturated heterocycles. The lowest BCUT2D eigenvalue weighted by Gasteiger charge is -2.26. The molecule has 1 unspecified atom stereocenters. The number of amides is 1. The molecule has 25 heavy (non-hydrogen) atoms. The van der Waals surface area contributed by atoms with Crippen molar-refractivity contribution in [1.82, 2.24) is 9.88 Å². The maximum absolute atomic E-state index is 12.9. The molecule has 1 aromatic carbocycles. The molecule has 5 heteroatoms. The molecule has 0 radical (unpaired) electrons. The van der Waals surface area contributed by atoms with E-state index in [1.54, 1.807) is 18.5 Å². The van der Waals surface area contributed by atoms with Gasteiger partial charge in [0.2, 0.25) is 5.91 Å². The van der Waals surface area contributed by atoms with E-state index in [0.717, 1.165) is 36.1 Å². The molecule has 132 valence electrons. The summed E-state index contributed by atoms with van der Waals surface area (Å²) in [6, 6.07) is 9.25. The van der Waals surface area contributed by atoms with Crippen molar-refractivity contribution < 1.29 is 14.6 Å². The minimum atomic E-state index is 0.0376. The van der Waals surface area contributed by atoms with Gasteiger partial charge in [0.1, 0.15) is 5.75 Å². The van der Waals surface area contributed by atoms with E-state index in [-0.39, 0.29) is 24.2 Å². The number of hydrogen-bond donors (Lipinski definition) is 1. The predicted molar refractivity (Wildman–Crippen MR) is 95.2 cm³/mol. The number of aromatic hydroxyl groups is 1. The Morgan fingerprint density at radius 2 is 2.08 bits per heavy atom. The maximum Gasteiger partial charge on any atom is 0.227 e. The number of hydrogen-bond acceptors (Lipinski definition) is 4. The van der Waals surface area contributed by atoms with Gasteiger partial charge in [0.05, 0.1) is 12.5 Å². The molecule has 5 nitrogen and oxygen atoms in total. The second kappa shape index (κ2) is 8.12. The van der Waals surface area contributed by atoms with E-state index < -0.39 is 0 Å². The van der Waals surface area contributed by atoms with Crippen LogP contribution in [0.2, 0.25) is 0 Å². The Labute approximate surface area is 148 Å². The van der Waals surface area contributed by atoms with Gasteiger partial charge in [-0.1, -0.05) is 12.1 Å². The second-order valence-electron chi connectivity index (χ2n) is 6.56. The molecule has 2 heterocycles. The Bertz CT molecular complexity index is 712. The van der Waals surface area contributed by atoms with Crippen LogP contribution in [0.15, 0.2) is 42.7 Å². The van der Waals surface area contributed by atoms with Crippen LogP contribution >= 0.6 is 0 Å². The Morgan fingerprint density at radius 1 is 1.28 bits per heavy atom. The van der Waals surface area contributed by atoms with E-state index in [1.165, 1.54) is 0 Å². The first-order chi connectivity index (χ1) is 12.1. The Morgan fingerprint density at radius 3 is 2.76 bits per heavy atom. The number of carbonyl (C=O) groups is 1. The highest BCUT2D eigenvalue weighted by molar-refractivity contribution is 5.79. The van der Waals surface area contributed by atoms with Crippen LogP contribution in [-0.4, -0.2) is 40.2 Å². The van der Waals surface area contributed by atoms with Crippen molar-refractivity contribution in [3.8, 4) is 5.75 Å². The molecule has 1 aromatic heterocycles. The summed E-state index contributed by atoms with van der Waals surface area (Å²) >= 11 is 0. The summed E-state index contributed by atoms with van der Waals surface area (Å²) in [7, 11) is 0. The number of nitrogens with zero attached hydrogens (tertiary/aromatic N) is 2. The van der Waals surface area contributed by atoms with E-state index in [0.29, 0.717) is 13.1 Å². The van der Waals surface area contributed by atoms with Gasteiger partial charge in [-0.05, 0) is 54.7 Å². The third-order valence-electron chi connectivity index (χ3n) is 4.55. The third kappa shape index (κ3) is 4.79. The molecule has 0 bridgehead atoms. The Kier molecular flexibility index (Phi) is 5.66. The fraction of sp³-hybridized carbons (Fsp3) is 0.400. The fourth-order valence-corrected chi connectivity index (χ4v) is 3.05. The summed E-state index contributed by atoms with van der Waals surface area (Å²) in [5.41, 5.74) is 2.68. The van der Waals surface area contributed by atoms with Crippen molar-refractivity contribution in [1.29, 1.82) is 0 Å². The zero-order chi connectivity index (χ0) is 17.6. The van der Waals surface area contributed by atoms with Crippen molar-refractivity contribution in [2.45, 2.75) is 38.8 Å². The summed E-state index contributed by atoms with van der Waals surface area (Å²) in [6.07, 6.45) is 5.90. The van der Waals surface area contributed by atoms with Crippen LogP contribution in [0.4, 0.5) is 0 Å². The number of rotatable bonds is 6. The van der Waals surface area contributed by atoms with Crippen LogP contribution in [0.3, 0.4) is 0 Å². The number of aromatic nitrogens is 1. The second-order valence-corrected chi connectivity index (χ2v) is 6.56. The number of ether oxygens (including phenoxy) is 1. The molecule has 3 rings (SSSR count). The number of pyridine rings is 1. The van der Waals surface area contributed by atoms with Crippen LogP contribution in [0, 0.1) is 6.92 Å². The number of aryl methyl sites for hydroxylation is 1. The van der Waals surface area contributed by atoms with Gasteiger partial charge < -0.3 is 14.7 Å². The minimum Gasteiger partial charge on any atom is -0.508 e. The SMILES string of the molecule is Cc1ccc(CC(=O)N(Cc2ccncc2)CC2CCCO2)cc1O. The van der Waals surface area contributed by atoms with Gasteiger partial charge in [-0.15, -0.1) is 0 Å². The van der Waals surface area contributed by atoms with Gasteiger partial charge in [-0.25, -0.2) is 0 Å². The summed E-state index contributed by atoms with van der Waals surface area (Å²) in [5, 5.41) is 9.86. The molecule has 1 aliphatic rings. The molecule has 2 aromatic rings. The zero-order valence-electron chi connectivity index (χ0n) is 14.5. The summed E-state index contributed by atoms with van der Waals surface area (Å²) in [5.74, 6) is 0.265. The largest absolute Gasteiger partial charge is 0.508 e. The Hall–Kier alpha value is -2.40. The minimum absolute atomic E-state index is 0.0376. The van der Waals surface area contributed by atoms with Crippen molar-refractivity contribution in [3.05, 3.63) is 59.4 Å². The van der Waals surface area contributed by atoms with E-state index in [2.05, 4.69) is 4.98 Å². The smallest absolute Gasteiger partial charge is 0.227 e. The van der Waals surface area contributed by atoms with Crippen LogP contribution in [0.25, 0.3) is 0 Å². The lowest BCUT2D eigenvalue weighted by molar-refractivity contribution is -0.132. The molecule has 1 N–H and O–H groups in total. The topological polar surface area (TPSA) is 62.7 Å². The average Bonchev–Trinajstić information content (AvgIpc) is 3.12. The van der Waals surface area contributed by atoms with Gasteiger partial charge >= 0.3 is 0 Å². The van der Waals surface area contributed by atoms with Crippen molar-refractivity contribution in [2.75, 3.05) is 13.2 Å². The van der Waals surface area contributed by atoms with Gasteiger partial charge in [0.15, 0.2) is 0 Å². The molecule has 0 spiro atoms. The number of phenols is 1. The molecule has 1 amide bonds.